The fourth-order valence-electron chi connectivity index (χ4n) is 9.80. The van der Waals surface area contributed by atoms with Gasteiger partial charge in [0.15, 0.2) is 0 Å². The Morgan fingerprint density at radius 1 is 0.540 bits per heavy atom. The molecule has 8 aromatic carbocycles. The highest BCUT2D eigenvalue weighted by Gasteiger charge is 2.36. The first-order chi connectivity index (χ1) is 30.9. The van der Waals surface area contributed by atoms with E-state index in [-0.39, 0.29) is 11.5 Å². The third kappa shape index (κ3) is 7.03. The van der Waals surface area contributed by atoms with Crippen LogP contribution in [-0.2, 0) is 12.5 Å². The minimum Gasteiger partial charge on any atom is -0.379 e. The number of para-hydroxylation sites is 3. The van der Waals surface area contributed by atoms with Gasteiger partial charge in [-0.1, -0.05) is 147 Å². The predicted octanol–water partition coefficient (Wildman–Crippen LogP) is 14.7. The van der Waals surface area contributed by atoms with Crippen LogP contribution >= 0.6 is 0 Å². The summed E-state index contributed by atoms with van der Waals surface area (Å²) in [6.07, 6.45) is 5.98. The van der Waals surface area contributed by atoms with Gasteiger partial charge in [-0.05, 0) is 124 Å². The molecule has 2 aromatic heterocycles. The van der Waals surface area contributed by atoms with Crippen molar-refractivity contribution >= 4 is 43.6 Å². The molecule has 0 spiro atoms. The molecule has 4 nitrogen and oxygen atoms in total. The second-order valence-electron chi connectivity index (χ2n) is 17.1. The van der Waals surface area contributed by atoms with Crippen molar-refractivity contribution in [1.29, 1.82) is 0 Å². The summed E-state index contributed by atoms with van der Waals surface area (Å²) in [6.45, 7) is 10.8. The van der Waals surface area contributed by atoms with Crippen LogP contribution in [0, 0.1) is 0 Å². The van der Waals surface area contributed by atoms with Gasteiger partial charge < -0.3 is 14.5 Å². The zero-order chi connectivity index (χ0) is 43.1. The van der Waals surface area contributed by atoms with Crippen LogP contribution < -0.4 is 10.6 Å². The highest BCUT2D eigenvalue weighted by atomic mass is 15.1. The Bertz CT molecular complexity index is 3330. The molecule has 1 unspecified atom stereocenters. The Balaban J connectivity index is 0.000000144. The maximum Gasteiger partial charge on any atom is 0.0655 e. The molecule has 0 saturated heterocycles. The largest absolute Gasteiger partial charge is 0.379 e. The van der Waals surface area contributed by atoms with E-state index in [1.54, 1.807) is 6.08 Å². The molecule has 10 aromatic rings. The van der Waals surface area contributed by atoms with E-state index in [1.807, 2.05) is 13.1 Å². The maximum atomic E-state index is 3.51. The van der Waals surface area contributed by atoms with Gasteiger partial charge in [0, 0.05) is 50.7 Å². The van der Waals surface area contributed by atoms with E-state index in [9.17, 15) is 0 Å². The number of hydrogen-bond acceptors (Lipinski definition) is 2. The van der Waals surface area contributed by atoms with Crippen LogP contribution in [-0.4, -0.2) is 15.8 Å². The van der Waals surface area contributed by atoms with Gasteiger partial charge in [-0.15, -0.1) is 6.58 Å². The van der Waals surface area contributed by atoms with E-state index in [0.29, 0.717) is 0 Å². The lowest BCUT2D eigenvalue weighted by Crippen LogP contribution is -2.32. The average molecular weight is 817 g/mol. The number of nitrogens with one attached hydrogen (secondary N) is 2. The molecular weight excluding hydrogens is 765 g/mol. The Hall–Kier alpha value is -7.40. The first kappa shape index (κ1) is 39.7. The number of aryl methyl sites for hydroxylation is 1. The quantitative estimate of drug-likeness (QED) is 0.174. The highest BCUT2D eigenvalue weighted by molar-refractivity contribution is 6.12. The van der Waals surface area contributed by atoms with Crippen molar-refractivity contribution in [3.8, 4) is 39.1 Å². The summed E-state index contributed by atoms with van der Waals surface area (Å²) >= 11 is 0. The van der Waals surface area contributed by atoms with Crippen LogP contribution in [0.4, 0.5) is 0 Å². The van der Waals surface area contributed by atoms with Crippen LogP contribution in [0.2, 0.25) is 0 Å². The lowest BCUT2D eigenvalue weighted by Gasteiger charge is -2.25. The number of nitrogens with zero attached hydrogens (tertiary/aromatic N) is 2. The van der Waals surface area contributed by atoms with Crippen molar-refractivity contribution < 1.29 is 0 Å². The first-order valence-electron chi connectivity index (χ1n) is 22.0. The van der Waals surface area contributed by atoms with Crippen LogP contribution in [0.3, 0.4) is 0 Å². The zero-order valence-electron chi connectivity index (χ0n) is 36.4. The van der Waals surface area contributed by atoms with Crippen LogP contribution in [0.1, 0.15) is 43.5 Å². The molecule has 2 aliphatic rings. The predicted molar refractivity (Wildman–Crippen MR) is 269 cm³/mol. The lowest BCUT2D eigenvalue weighted by atomic mass is 9.81. The summed E-state index contributed by atoms with van der Waals surface area (Å²) in [5, 5.41) is 11.9. The number of benzene rings is 8. The van der Waals surface area contributed by atoms with Gasteiger partial charge in [0.2, 0.25) is 0 Å². The van der Waals surface area contributed by atoms with E-state index in [1.165, 1.54) is 99.4 Å². The van der Waals surface area contributed by atoms with E-state index in [4.69, 9.17) is 0 Å². The molecule has 1 aliphatic heterocycles. The fraction of sp³-hybridized carbons (Fsp3) is 0.119. The van der Waals surface area contributed by atoms with Gasteiger partial charge in [0.1, 0.15) is 0 Å². The maximum absolute atomic E-state index is 3.51. The summed E-state index contributed by atoms with van der Waals surface area (Å²) in [6, 6.07) is 66.5. The van der Waals surface area contributed by atoms with E-state index >= 15 is 0 Å². The lowest BCUT2D eigenvalue weighted by molar-refractivity contribution is 0.562. The number of aromatic nitrogens is 2. The smallest absolute Gasteiger partial charge is 0.0655 e. The summed E-state index contributed by atoms with van der Waals surface area (Å²) in [5.41, 5.74) is 18.2. The summed E-state index contributed by atoms with van der Waals surface area (Å²) < 4.78 is 4.65. The third-order valence-corrected chi connectivity index (χ3v) is 12.9. The Labute approximate surface area is 370 Å². The van der Waals surface area contributed by atoms with E-state index in [2.05, 4.69) is 235 Å². The molecule has 1 aliphatic carbocycles. The minimum atomic E-state index is 0.00208. The third-order valence-electron chi connectivity index (χ3n) is 12.9. The molecule has 0 fully saturated rings. The number of rotatable bonds is 4. The normalized spacial score (nSPS) is 14.6. The molecule has 0 amide bonds. The number of hydrogen-bond donors (Lipinski definition) is 2. The SMILES string of the molecule is C=CC.CC1(C)c2cc(-c3ccccc3)ccc2-c2ccc(C3C=CNCN3)cc21.Cn1c2ccccc2c2cc(-c3ccc4c(c3)c3ccccc3n4-c3ccccc3)ccc21. The molecule has 12 rings (SSSR count). The van der Waals surface area contributed by atoms with E-state index < -0.39 is 0 Å². The number of allylic oxidation sites excluding steroid dienone is 1. The molecule has 1 atom stereocenters. The fourth-order valence-corrected chi connectivity index (χ4v) is 9.80. The molecule has 0 bridgehead atoms. The summed E-state index contributed by atoms with van der Waals surface area (Å²) in [4.78, 5) is 0. The Kier molecular flexibility index (Phi) is 10.4. The topological polar surface area (TPSA) is 33.9 Å². The number of fused-ring (bicyclic) bond motifs is 9. The van der Waals surface area contributed by atoms with Gasteiger partial charge in [0.05, 0.1) is 23.7 Å². The van der Waals surface area contributed by atoms with Gasteiger partial charge >= 0.3 is 0 Å². The second kappa shape index (κ2) is 16.5. The van der Waals surface area contributed by atoms with Crippen molar-refractivity contribution in [2.45, 2.75) is 32.2 Å². The average Bonchev–Trinajstić information content (AvgIpc) is 3.91. The second-order valence-corrected chi connectivity index (χ2v) is 17.1. The molecule has 0 saturated carbocycles. The van der Waals surface area contributed by atoms with Gasteiger partial charge in [-0.3, -0.25) is 5.32 Å². The van der Waals surface area contributed by atoms with Gasteiger partial charge in [-0.25, -0.2) is 0 Å². The monoisotopic (exact) mass is 816 g/mol. The molecular formula is C59H52N4. The molecule has 4 heteroatoms. The van der Waals surface area contributed by atoms with Gasteiger partial charge in [-0.2, -0.15) is 0 Å². The first-order valence-corrected chi connectivity index (χ1v) is 22.0. The van der Waals surface area contributed by atoms with Crippen molar-refractivity contribution in [3.05, 3.63) is 224 Å². The Morgan fingerprint density at radius 2 is 1.05 bits per heavy atom. The summed E-state index contributed by atoms with van der Waals surface area (Å²) in [7, 11) is 2.15. The van der Waals surface area contributed by atoms with Gasteiger partial charge in [0.25, 0.3) is 0 Å². The summed E-state index contributed by atoms with van der Waals surface area (Å²) in [5.74, 6) is 0. The minimum absolute atomic E-state index is 0.00208. The molecule has 2 N–H and O–H groups in total. The van der Waals surface area contributed by atoms with Crippen molar-refractivity contribution in [1.82, 2.24) is 19.8 Å². The van der Waals surface area contributed by atoms with Crippen LogP contribution in [0.25, 0.3) is 82.7 Å². The van der Waals surface area contributed by atoms with E-state index in [0.717, 1.165) is 6.67 Å². The highest BCUT2D eigenvalue weighted by Crippen LogP contribution is 2.50. The van der Waals surface area contributed by atoms with Crippen molar-refractivity contribution in [2.24, 2.45) is 7.05 Å². The van der Waals surface area contributed by atoms with Crippen LogP contribution in [0.15, 0.2) is 207 Å². The molecule has 3 heterocycles. The zero-order valence-corrected chi connectivity index (χ0v) is 36.4. The molecule has 0 radical (unpaired) electrons. The van der Waals surface area contributed by atoms with Crippen LogP contribution in [0.5, 0.6) is 0 Å². The Morgan fingerprint density at radius 3 is 1.73 bits per heavy atom. The van der Waals surface area contributed by atoms with Crippen molar-refractivity contribution in [3.63, 3.8) is 0 Å². The molecule has 63 heavy (non-hydrogen) atoms. The molecule has 308 valence electrons. The standard InChI is InChI=1S/C31H22N2.C25H24N2.C3H6/c1-32-28-13-7-5-11-24(28)26-19-21(15-17-29(26)32)22-16-18-31-27(20-22)25-12-6-8-14-30(25)33(31)23-9-3-2-4-10-23;1-25(2)22-14-18(17-6-4-3-5-7-17)8-10-20(22)21-11-9-19(15-23(21)25)24-12-13-26-16-27-24;1-3-2/h2-20H,1H3;3-15,24,26-27H,16H2,1-2H3;3H,1H2,2H3. The van der Waals surface area contributed by atoms with Crippen molar-refractivity contribution in [2.75, 3.05) is 6.67 Å².